The predicted octanol–water partition coefficient (Wildman–Crippen LogP) is 2.66. The van der Waals surface area contributed by atoms with E-state index in [9.17, 15) is 9.59 Å². The standard InChI is InChI=1S/C30H33N3O7S/c1-6-40-29(35)26-18(2)31-30-33(27(26)22-10-9-21(36-3)17-24(22)38-5)28(34)25(41-30)15-19-7-8-20(16-23(19)37-4)32-11-13-39-14-12-32/h7-10,15-17,27H,6,11-14H2,1-5H3. The number of rotatable bonds is 8. The summed E-state index contributed by atoms with van der Waals surface area (Å²) in [7, 11) is 4.71. The van der Waals surface area contributed by atoms with Crippen molar-refractivity contribution in [1.29, 1.82) is 0 Å². The number of morpholine rings is 1. The number of aromatic nitrogens is 1. The van der Waals surface area contributed by atoms with Crippen LogP contribution in [-0.4, -0.2) is 64.8 Å². The molecule has 0 radical (unpaired) electrons. The summed E-state index contributed by atoms with van der Waals surface area (Å²) in [5.74, 6) is 1.17. The van der Waals surface area contributed by atoms with Crippen molar-refractivity contribution < 1.29 is 28.5 Å². The highest BCUT2D eigenvalue weighted by atomic mass is 32.1. The third-order valence-corrected chi connectivity index (χ3v) is 8.12. The molecule has 10 nitrogen and oxygen atoms in total. The summed E-state index contributed by atoms with van der Waals surface area (Å²) in [6, 6.07) is 10.4. The molecule has 11 heteroatoms. The lowest BCUT2D eigenvalue weighted by atomic mass is 9.95. The lowest BCUT2D eigenvalue weighted by Crippen LogP contribution is -2.40. The highest BCUT2D eigenvalue weighted by Crippen LogP contribution is 2.37. The molecular weight excluding hydrogens is 546 g/mol. The first kappa shape index (κ1) is 28.4. The van der Waals surface area contributed by atoms with Crippen LogP contribution in [0.1, 0.15) is 31.0 Å². The fourth-order valence-electron chi connectivity index (χ4n) is 5.11. The van der Waals surface area contributed by atoms with E-state index in [0.717, 1.165) is 24.3 Å². The molecule has 1 unspecified atom stereocenters. The maximum atomic E-state index is 14.0. The number of anilines is 1. The van der Waals surface area contributed by atoms with Crippen molar-refractivity contribution in [3.63, 3.8) is 0 Å². The number of esters is 1. The molecule has 1 atom stereocenters. The van der Waals surface area contributed by atoms with Crippen LogP contribution in [0.3, 0.4) is 0 Å². The number of fused-ring (bicyclic) bond motifs is 1. The zero-order chi connectivity index (χ0) is 29.1. The molecular formula is C30H33N3O7S. The highest BCUT2D eigenvalue weighted by molar-refractivity contribution is 7.07. The number of thiazole rings is 1. The second kappa shape index (κ2) is 12.2. The summed E-state index contributed by atoms with van der Waals surface area (Å²) >= 11 is 1.25. The number of carbonyl (C=O) groups excluding carboxylic acids is 1. The van der Waals surface area contributed by atoms with E-state index in [1.165, 1.54) is 23.0 Å². The number of carbonyl (C=O) groups is 1. The number of ether oxygens (including phenoxy) is 5. The Kier molecular flexibility index (Phi) is 8.46. The fourth-order valence-corrected chi connectivity index (χ4v) is 6.15. The summed E-state index contributed by atoms with van der Waals surface area (Å²) in [4.78, 5) is 34.7. The van der Waals surface area contributed by atoms with Gasteiger partial charge in [-0.15, -0.1) is 0 Å². The van der Waals surface area contributed by atoms with Gasteiger partial charge in [-0.3, -0.25) is 9.36 Å². The van der Waals surface area contributed by atoms with Gasteiger partial charge >= 0.3 is 5.97 Å². The SMILES string of the molecule is CCOC(=O)C1=C(C)N=c2sc(=Cc3ccc(N4CCOCC4)cc3OC)c(=O)n2C1c1ccc(OC)cc1OC. The van der Waals surface area contributed by atoms with Gasteiger partial charge in [0, 0.05) is 42.0 Å². The Balaban J connectivity index is 1.66. The van der Waals surface area contributed by atoms with E-state index >= 15 is 0 Å². The summed E-state index contributed by atoms with van der Waals surface area (Å²) < 4.78 is 29.6. The third kappa shape index (κ3) is 5.47. The lowest BCUT2D eigenvalue weighted by molar-refractivity contribution is -0.139. The van der Waals surface area contributed by atoms with Gasteiger partial charge in [0.15, 0.2) is 4.80 Å². The molecule has 2 aromatic carbocycles. The minimum atomic E-state index is -0.807. The summed E-state index contributed by atoms with van der Waals surface area (Å²) in [5.41, 5.74) is 2.88. The smallest absolute Gasteiger partial charge is 0.338 e. The Labute approximate surface area is 241 Å². The van der Waals surface area contributed by atoms with Gasteiger partial charge in [0.1, 0.15) is 23.3 Å². The van der Waals surface area contributed by atoms with Crippen LogP contribution < -0.4 is 34.0 Å². The highest BCUT2D eigenvalue weighted by Gasteiger charge is 2.35. The minimum absolute atomic E-state index is 0.187. The van der Waals surface area contributed by atoms with Crippen molar-refractivity contribution in [2.24, 2.45) is 4.99 Å². The topological polar surface area (TPSA) is 101 Å². The molecule has 216 valence electrons. The molecule has 1 saturated heterocycles. The van der Waals surface area contributed by atoms with E-state index in [1.807, 2.05) is 18.2 Å². The van der Waals surface area contributed by atoms with Crippen LogP contribution in [0.2, 0.25) is 0 Å². The van der Waals surface area contributed by atoms with Gasteiger partial charge in [0.25, 0.3) is 5.56 Å². The molecule has 0 saturated carbocycles. The van der Waals surface area contributed by atoms with Gasteiger partial charge in [-0.1, -0.05) is 11.3 Å². The van der Waals surface area contributed by atoms with E-state index in [1.54, 1.807) is 52.3 Å². The zero-order valence-corrected chi connectivity index (χ0v) is 24.6. The molecule has 0 bridgehead atoms. The maximum absolute atomic E-state index is 14.0. The third-order valence-electron chi connectivity index (χ3n) is 7.13. The quantitative estimate of drug-likeness (QED) is 0.376. The molecule has 2 aliphatic rings. The van der Waals surface area contributed by atoms with Crippen LogP contribution in [0.15, 0.2) is 57.5 Å². The molecule has 1 aromatic heterocycles. The second-order valence-electron chi connectivity index (χ2n) is 9.44. The van der Waals surface area contributed by atoms with E-state index in [2.05, 4.69) is 9.89 Å². The predicted molar refractivity (Wildman–Crippen MR) is 156 cm³/mol. The number of nitrogens with zero attached hydrogens (tertiary/aromatic N) is 3. The number of hydrogen-bond donors (Lipinski definition) is 0. The van der Waals surface area contributed by atoms with Crippen molar-refractivity contribution in [2.45, 2.75) is 19.9 Å². The molecule has 0 amide bonds. The zero-order valence-electron chi connectivity index (χ0n) is 23.8. The van der Waals surface area contributed by atoms with Crippen molar-refractivity contribution in [1.82, 2.24) is 4.57 Å². The number of allylic oxidation sites excluding steroid dienone is 1. The van der Waals surface area contributed by atoms with Crippen LogP contribution in [0, 0.1) is 0 Å². The summed E-state index contributed by atoms with van der Waals surface area (Å²) in [5, 5.41) is 0. The molecule has 1 fully saturated rings. The first-order valence-corrected chi connectivity index (χ1v) is 14.1. The van der Waals surface area contributed by atoms with Gasteiger partial charge in [0.2, 0.25) is 0 Å². The van der Waals surface area contributed by atoms with Crippen LogP contribution in [0.5, 0.6) is 17.2 Å². The Morgan fingerprint density at radius 1 is 1.07 bits per heavy atom. The molecule has 0 aliphatic carbocycles. The summed E-state index contributed by atoms with van der Waals surface area (Å²) in [6.07, 6.45) is 1.80. The Morgan fingerprint density at radius 3 is 2.51 bits per heavy atom. The molecule has 0 spiro atoms. The van der Waals surface area contributed by atoms with Crippen molar-refractivity contribution >= 4 is 29.1 Å². The average Bonchev–Trinajstić information content (AvgIpc) is 3.30. The van der Waals surface area contributed by atoms with Crippen molar-refractivity contribution in [2.75, 3.05) is 59.1 Å². The Morgan fingerprint density at radius 2 is 1.83 bits per heavy atom. The maximum Gasteiger partial charge on any atom is 0.338 e. The first-order valence-electron chi connectivity index (χ1n) is 13.3. The Hall–Kier alpha value is -4.09. The second-order valence-corrected chi connectivity index (χ2v) is 10.4. The van der Waals surface area contributed by atoms with E-state index in [-0.39, 0.29) is 17.7 Å². The molecule has 3 heterocycles. The van der Waals surface area contributed by atoms with Crippen LogP contribution >= 0.6 is 11.3 Å². The van der Waals surface area contributed by atoms with Crippen LogP contribution in [-0.2, 0) is 14.3 Å². The number of benzene rings is 2. The first-order chi connectivity index (χ1) is 19.9. The van der Waals surface area contributed by atoms with Gasteiger partial charge < -0.3 is 28.6 Å². The molecule has 0 N–H and O–H groups in total. The molecule has 5 rings (SSSR count). The number of methoxy groups -OCH3 is 3. The summed E-state index contributed by atoms with van der Waals surface area (Å²) in [6.45, 7) is 6.64. The van der Waals surface area contributed by atoms with Crippen LogP contribution in [0.25, 0.3) is 6.08 Å². The van der Waals surface area contributed by atoms with Crippen LogP contribution in [0.4, 0.5) is 5.69 Å². The normalized spacial score (nSPS) is 17.1. The number of hydrogen-bond acceptors (Lipinski definition) is 10. The van der Waals surface area contributed by atoms with Crippen molar-refractivity contribution in [3.8, 4) is 17.2 Å². The fraction of sp³-hybridized carbons (Fsp3) is 0.367. The van der Waals surface area contributed by atoms with Gasteiger partial charge in [-0.25, -0.2) is 9.79 Å². The largest absolute Gasteiger partial charge is 0.497 e. The minimum Gasteiger partial charge on any atom is -0.497 e. The molecule has 41 heavy (non-hydrogen) atoms. The van der Waals surface area contributed by atoms with Crippen molar-refractivity contribution in [3.05, 3.63) is 78.5 Å². The van der Waals surface area contributed by atoms with E-state index in [4.69, 9.17) is 23.7 Å². The van der Waals surface area contributed by atoms with Gasteiger partial charge in [-0.05, 0) is 44.2 Å². The Bertz CT molecular complexity index is 1670. The molecule has 2 aliphatic heterocycles. The lowest BCUT2D eigenvalue weighted by Gasteiger charge is -2.29. The van der Waals surface area contributed by atoms with E-state index < -0.39 is 12.0 Å². The monoisotopic (exact) mass is 579 g/mol. The van der Waals surface area contributed by atoms with Gasteiger partial charge in [0.05, 0.1) is 57.0 Å². The van der Waals surface area contributed by atoms with Gasteiger partial charge in [-0.2, -0.15) is 0 Å². The van der Waals surface area contributed by atoms with E-state index in [0.29, 0.717) is 51.1 Å². The average molecular weight is 580 g/mol. The molecule has 3 aromatic rings.